The second kappa shape index (κ2) is 13.0. The Morgan fingerprint density at radius 3 is 2.70 bits per heavy atom. The Labute approximate surface area is 229 Å². The van der Waals surface area contributed by atoms with Crippen LogP contribution in [-0.2, 0) is 22.5 Å². The molecule has 3 aromatic carbocycles. The van der Waals surface area contributed by atoms with Crippen LogP contribution in [0.2, 0.25) is 0 Å². The van der Waals surface area contributed by atoms with Crippen molar-refractivity contribution < 1.29 is 28.2 Å². The fourth-order valence-electron chi connectivity index (χ4n) is 4.25. The molecule has 1 aliphatic heterocycles. The van der Waals surface area contributed by atoms with Gasteiger partial charge in [-0.15, -0.1) is 0 Å². The number of aliphatic hydroxyl groups excluding tert-OH is 1. The number of azide groups is 1. The Kier molecular flexibility index (Phi) is 9.28. The molecule has 1 amide bonds. The third kappa shape index (κ3) is 6.55. The quantitative estimate of drug-likeness (QED) is 0.0991. The average molecular weight is 551 g/mol. The van der Waals surface area contributed by atoms with Crippen molar-refractivity contribution in [3.63, 3.8) is 0 Å². The van der Waals surface area contributed by atoms with Gasteiger partial charge in [-0.2, -0.15) is 0 Å². The van der Waals surface area contributed by atoms with E-state index in [1.165, 1.54) is 0 Å². The molecule has 10 nitrogen and oxygen atoms in total. The number of hydrogen-bond acceptors (Lipinski definition) is 7. The van der Waals surface area contributed by atoms with Crippen LogP contribution < -0.4 is 15.6 Å². The zero-order valence-corrected chi connectivity index (χ0v) is 21.7. The van der Waals surface area contributed by atoms with Gasteiger partial charge in [0.2, 0.25) is 5.90 Å². The molecule has 0 radical (unpaired) electrons. The molecule has 0 bridgehead atoms. The monoisotopic (exact) mass is 550 g/mol. The average Bonchev–Trinajstić information content (AvgIpc) is 3.29. The standard InChI is InChI=1S/C28H28F2N6O4/c1-18-28(16-20-5-2-3-6-25(20)34-36-31,27(38)35-32-17-21-15-22(29)9-12-24(21)30)33-26(40-18)19-7-10-23(11-8-19)39-14-4-13-37/h2-3,5-12,15,18,32,37H,4,13-14,16-17H2,1H3,(H,35,38)/t18-,28-/m0/s1. The predicted molar refractivity (Wildman–Crippen MR) is 144 cm³/mol. The molecule has 1 heterocycles. The number of rotatable bonds is 12. The number of hydrazine groups is 1. The molecule has 1 aliphatic rings. The van der Waals surface area contributed by atoms with Gasteiger partial charge in [-0.25, -0.2) is 19.2 Å². The number of aliphatic hydroxyl groups is 1. The minimum Gasteiger partial charge on any atom is -0.494 e. The number of carbonyl (C=O) groups excluding carboxylic acids is 1. The summed E-state index contributed by atoms with van der Waals surface area (Å²) in [4.78, 5) is 21.3. The van der Waals surface area contributed by atoms with Crippen LogP contribution in [0, 0.1) is 11.6 Å². The van der Waals surface area contributed by atoms with Crippen LogP contribution >= 0.6 is 0 Å². The summed E-state index contributed by atoms with van der Waals surface area (Å²) >= 11 is 0. The molecule has 0 unspecified atom stereocenters. The van der Waals surface area contributed by atoms with E-state index < -0.39 is 29.2 Å². The highest BCUT2D eigenvalue weighted by Gasteiger charge is 2.50. The number of ether oxygens (including phenoxy) is 2. The number of hydrogen-bond donors (Lipinski definition) is 3. The molecule has 208 valence electrons. The van der Waals surface area contributed by atoms with E-state index in [9.17, 15) is 13.6 Å². The van der Waals surface area contributed by atoms with Crippen molar-refractivity contribution in [2.45, 2.75) is 38.0 Å². The first kappa shape index (κ1) is 28.5. The highest BCUT2D eigenvalue weighted by molar-refractivity contribution is 6.00. The number of aliphatic imine (C=N–C) groups is 1. The van der Waals surface area contributed by atoms with Gasteiger partial charge in [0, 0.05) is 47.7 Å². The molecule has 4 rings (SSSR count). The minimum atomic E-state index is -1.50. The third-order valence-electron chi connectivity index (χ3n) is 6.42. The molecule has 12 heteroatoms. The van der Waals surface area contributed by atoms with Crippen molar-refractivity contribution in [1.82, 2.24) is 10.9 Å². The molecule has 3 N–H and O–H groups in total. The SMILES string of the molecule is C[C@@H]1OC(c2ccc(OCCCO)cc2)=N[C@]1(Cc1ccccc1N=[N+]=[N-])C(=O)NNCc1cc(F)ccc1F. The smallest absolute Gasteiger partial charge is 0.266 e. The van der Waals surface area contributed by atoms with Crippen molar-refractivity contribution in [3.05, 3.63) is 105 Å². The predicted octanol–water partition coefficient (Wildman–Crippen LogP) is 4.64. The Morgan fingerprint density at radius 2 is 1.95 bits per heavy atom. The molecule has 0 saturated carbocycles. The van der Waals surface area contributed by atoms with Crippen molar-refractivity contribution in [1.29, 1.82) is 0 Å². The largest absolute Gasteiger partial charge is 0.494 e. The summed E-state index contributed by atoms with van der Waals surface area (Å²) in [5, 5.41) is 12.7. The van der Waals surface area contributed by atoms with Gasteiger partial charge < -0.3 is 14.6 Å². The molecular weight excluding hydrogens is 522 g/mol. The Balaban J connectivity index is 1.62. The Bertz CT molecular complexity index is 1430. The van der Waals surface area contributed by atoms with Gasteiger partial charge in [-0.3, -0.25) is 10.2 Å². The van der Waals surface area contributed by atoms with Crippen molar-refractivity contribution in [3.8, 4) is 5.75 Å². The highest BCUT2D eigenvalue weighted by atomic mass is 19.1. The molecular formula is C28H28F2N6O4. The summed E-state index contributed by atoms with van der Waals surface area (Å²) in [5.41, 5.74) is 14.3. The zero-order valence-electron chi connectivity index (χ0n) is 21.7. The molecule has 0 spiro atoms. The van der Waals surface area contributed by atoms with Crippen LogP contribution in [0.15, 0.2) is 76.8 Å². The third-order valence-corrected chi connectivity index (χ3v) is 6.42. The van der Waals surface area contributed by atoms with E-state index in [0.717, 1.165) is 18.2 Å². The summed E-state index contributed by atoms with van der Waals surface area (Å²) in [7, 11) is 0. The van der Waals surface area contributed by atoms with Crippen LogP contribution in [0.4, 0.5) is 14.5 Å². The van der Waals surface area contributed by atoms with E-state index in [4.69, 9.17) is 25.1 Å². The molecule has 0 aliphatic carbocycles. The van der Waals surface area contributed by atoms with Crippen LogP contribution in [0.3, 0.4) is 0 Å². The van der Waals surface area contributed by atoms with Gasteiger partial charge in [-0.05, 0) is 60.5 Å². The number of halogens is 2. The Morgan fingerprint density at radius 1 is 1.18 bits per heavy atom. The molecule has 0 saturated heterocycles. The van der Waals surface area contributed by atoms with E-state index in [1.54, 1.807) is 55.5 Å². The molecule has 0 aromatic heterocycles. The minimum absolute atomic E-state index is 0.0249. The molecule has 0 fully saturated rings. The number of nitrogens with zero attached hydrogens (tertiary/aromatic N) is 4. The fraction of sp³-hybridized carbons (Fsp3) is 0.286. The van der Waals surface area contributed by atoms with E-state index in [-0.39, 0.29) is 31.0 Å². The van der Waals surface area contributed by atoms with Gasteiger partial charge in [-0.1, -0.05) is 29.4 Å². The van der Waals surface area contributed by atoms with Crippen molar-refractivity contribution in [2.24, 2.45) is 10.1 Å². The summed E-state index contributed by atoms with van der Waals surface area (Å²) < 4.78 is 39.3. The molecule has 40 heavy (non-hydrogen) atoms. The summed E-state index contributed by atoms with van der Waals surface area (Å²) in [6.07, 6.45) is -0.226. The van der Waals surface area contributed by atoms with Crippen LogP contribution in [0.1, 0.15) is 30.0 Å². The maximum Gasteiger partial charge on any atom is 0.266 e. The normalized spacial score (nSPS) is 17.9. The van der Waals surface area contributed by atoms with E-state index in [0.29, 0.717) is 35.6 Å². The topological polar surface area (TPSA) is 141 Å². The second-order valence-electron chi connectivity index (χ2n) is 9.09. The molecule has 3 aromatic rings. The number of nitrogens with one attached hydrogen (secondary N) is 2. The fourth-order valence-corrected chi connectivity index (χ4v) is 4.25. The van der Waals surface area contributed by atoms with Gasteiger partial charge in [0.25, 0.3) is 5.91 Å². The number of benzene rings is 3. The van der Waals surface area contributed by atoms with E-state index in [2.05, 4.69) is 20.9 Å². The van der Waals surface area contributed by atoms with E-state index >= 15 is 0 Å². The van der Waals surface area contributed by atoms with Gasteiger partial charge in [0.1, 0.15) is 23.5 Å². The lowest BCUT2D eigenvalue weighted by molar-refractivity contribution is -0.129. The zero-order chi connectivity index (χ0) is 28.5. The van der Waals surface area contributed by atoms with Crippen molar-refractivity contribution >= 4 is 17.5 Å². The maximum absolute atomic E-state index is 14.1. The lowest BCUT2D eigenvalue weighted by Gasteiger charge is -2.28. The van der Waals surface area contributed by atoms with Gasteiger partial charge in [0.05, 0.1) is 6.61 Å². The summed E-state index contributed by atoms with van der Waals surface area (Å²) in [6.45, 7) is 1.92. The van der Waals surface area contributed by atoms with Gasteiger partial charge >= 0.3 is 0 Å². The van der Waals surface area contributed by atoms with Crippen molar-refractivity contribution in [2.75, 3.05) is 13.2 Å². The maximum atomic E-state index is 14.1. The first-order valence-corrected chi connectivity index (χ1v) is 12.6. The van der Waals surface area contributed by atoms with Gasteiger partial charge in [0.15, 0.2) is 5.54 Å². The number of carbonyl (C=O) groups is 1. The number of amides is 1. The lowest BCUT2D eigenvalue weighted by atomic mass is 9.85. The summed E-state index contributed by atoms with van der Waals surface area (Å²) in [5.74, 6) is -0.978. The first-order valence-electron chi connectivity index (χ1n) is 12.6. The molecule has 2 atom stereocenters. The Hall–Kier alpha value is -4.51. The van der Waals surface area contributed by atoms with Crippen LogP contribution in [0.25, 0.3) is 10.4 Å². The second-order valence-corrected chi connectivity index (χ2v) is 9.09. The lowest BCUT2D eigenvalue weighted by Crippen LogP contribution is -2.55. The summed E-state index contributed by atoms with van der Waals surface area (Å²) in [6, 6.07) is 16.8. The first-order chi connectivity index (χ1) is 19.4. The van der Waals surface area contributed by atoms with E-state index in [1.807, 2.05) is 0 Å². The van der Waals surface area contributed by atoms with Crippen LogP contribution in [-0.4, -0.2) is 41.8 Å². The van der Waals surface area contributed by atoms with Crippen LogP contribution in [0.5, 0.6) is 5.75 Å². The highest BCUT2D eigenvalue weighted by Crippen LogP contribution is 2.35.